The predicted octanol–water partition coefficient (Wildman–Crippen LogP) is 4.43. The smallest absolute Gasteiger partial charge is 0.253 e. The number of tetrazole rings is 1. The van der Waals surface area contributed by atoms with Gasteiger partial charge in [0.1, 0.15) is 6.04 Å². The Labute approximate surface area is 221 Å². The number of pyridine rings is 1. The molecule has 1 N–H and O–H groups in total. The van der Waals surface area contributed by atoms with Gasteiger partial charge in [-0.05, 0) is 86.7 Å². The molecule has 2 aliphatic heterocycles. The van der Waals surface area contributed by atoms with Gasteiger partial charge in [-0.1, -0.05) is 37.3 Å². The summed E-state index contributed by atoms with van der Waals surface area (Å²) < 4.78 is 13.0. The molecule has 0 aliphatic carbocycles. The van der Waals surface area contributed by atoms with Gasteiger partial charge < -0.3 is 14.5 Å². The molecule has 198 valence electrons. The quantitative estimate of drug-likeness (QED) is 0.390. The van der Waals surface area contributed by atoms with Crippen LogP contribution >= 0.6 is 0 Å². The lowest BCUT2D eigenvalue weighted by Crippen LogP contribution is -2.42. The van der Waals surface area contributed by atoms with Crippen molar-refractivity contribution >= 4 is 10.9 Å². The van der Waals surface area contributed by atoms with Gasteiger partial charge in [-0.2, -0.15) is 0 Å². The highest BCUT2D eigenvalue weighted by Crippen LogP contribution is 2.37. The second-order valence-electron chi connectivity index (χ2n) is 11.0. The Morgan fingerprint density at radius 2 is 1.82 bits per heavy atom. The lowest BCUT2D eigenvalue weighted by molar-refractivity contribution is 0.137. The van der Waals surface area contributed by atoms with E-state index in [2.05, 4.69) is 76.5 Å². The van der Waals surface area contributed by atoms with Gasteiger partial charge in [0.2, 0.25) is 6.79 Å². The van der Waals surface area contributed by atoms with Gasteiger partial charge in [0.05, 0.1) is 11.1 Å². The van der Waals surface area contributed by atoms with Crippen LogP contribution in [-0.4, -0.2) is 50.0 Å². The molecule has 1 atom stereocenters. The molecule has 1 saturated heterocycles. The Morgan fingerprint density at radius 3 is 2.55 bits per heavy atom. The highest BCUT2D eigenvalue weighted by atomic mass is 16.7. The van der Waals surface area contributed by atoms with Crippen LogP contribution in [0.5, 0.6) is 11.5 Å². The largest absolute Gasteiger partial charge is 0.454 e. The maximum atomic E-state index is 13.6. The molecule has 4 heterocycles. The first-order valence-electron chi connectivity index (χ1n) is 13.5. The molecular weight excluding hydrogens is 480 g/mol. The predicted molar refractivity (Wildman–Crippen MR) is 144 cm³/mol. The Bertz CT molecular complexity index is 1490. The SMILES string of the molecule is CCC(C)(C)n1nnnc1[C@H](c1cc2cc3c(cc2[nH]c1=O)OCO3)N1CCC(Cc2ccccc2)CC1. The first kappa shape index (κ1) is 24.6. The summed E-state index contributed by atoms with van der Waals surface area (Å²) in [5.41, 5.74) is 2.30. The standard InChI is InChI=1S/C29H34N6O3/c1-4-29(2,3)35-27(31-32-33-35)26(34-12-10-20(11-13-34)14-19-8-6-5-7-9-19)22-15-21-16-24-25(38-18-37-24)17-23(21)30-28(22)36/h5-9,15-17,20,26H,4,10-14,18H2,1-3H3,(H,30,36)/t26-/m0/s1. The molecule has 1 fully saturated rings. The van der Waals surface area contributed by atoms with E-state index >= 15 is 0 Å². The molecule has 0 spiro atoms. The van der Waals surface area contributed by atoms with E-state index in [4.69, 9.17) is 9.47 Å². The number of likely N-dealkylation sites (tertiary alicyclic amines) is 1. The van der Waals surface area contributed by atoms with Crippen LogP contribution < -0.4 is 15.0 Å². The topological polar surface area (TPSA) is 98.2 Å². The Kier molecular flexibility index (Phi) is 6.39. The van der Waals surface area contributed by atoms with Gasteiger partial charge in [-0.25, -0.2) is 4.68 Å². The van der Waals surface area contributed by atoms with Crippen molar-refractivity contribution in [1.82, 2.24) is 30.1 Å². The van der Waals surface area contributed by atoms with Crippen molar-refractivity contribution in [2.24, 2.45) is 5.92 Å². The number of aromatic nitrogens is 5. The highest BCUT2D eigenvalue weighted by molar-refractivity contribution is 5.83. The Balaban J connectivity index is 1.38. The van der Waals surface area contributed by atoms with E-state index in [0.717, 1.165) is 49.7 Å². The Morgan fingerprint density at radius 1 is 1.08 bits per heavy atom. The molecule has 9 nitrogen and oxygen atoms in total. The number of nitrogens with one attached hydrogen (secondary N) is 1. The number of H-pyrrole nitrogens is 1. The zero-order valence-corrected chi connectivity index (χ0v) is 22.2. The number of hydrogen-bond acceptors (Lipinski definition) is 7. The van der Waals surface area contributed by atoms with Crippen LogP contribution in [-0.2, 0) is 12.0 Å². The normalized spacial score (nSPS) is 17.2. The summed E-state index contributed by atoms with van der Waals surface area (Å²) in [6, 6.07) is 16.0. The summed E-state index contributed by atoms with van der Waals surface area (Å²) in [5.74, 6) is 2.63. The zero-order chi connectivity index (χ0) is 26.3. The molecule has 0 saturated carbocycles. The molecule has 2 aliphatic rings. The van der Waals surface area contributed by atoms with E-state index in [0.29, 0.717) is 28.8 Å². The first-order chi connectivity index (χ1) is 18.4. The van der Waals surface area contributed by atoms with Crippen molar-refractivity contribution in [3.05, 3.63) is 75.8 Å². The van der Waals surface area contributed by atoms with Crippen molar-refractivity contribution in [2.45, 2.75) is 58.0 Å². The zero-order valence-electron chi connectivity index (χ0n) is 22.2. The maximum absolute atomic E-state index is 13.6. The Hall–Kier alpha value is -3.72. The van der Waals surface area contributed by atoms with E-state index in [1.807, 2.05) is 22.9 Å². The summed E-state index contributed by atoms with van der Waals surface area (Å²) in [6.07, 6.45) is 4.03. The third-order valence-electron chi connectivity index (χ3n) is 8.22. The molecule has 0 radical (unpaired) electrons. The molecule has 9 heteroatoms. The molecule has 6 rings (SSSR count). The highest BCUT2D eigenvalue weighted by Gasteiger charge is 2.36. The summed E-state index contributed by atoms with van der Waals surface area (Å²) in [4.78, 5) is 19.1. The molecule has 2 aromatic carbocycles. The molecule has 4 aromatic rings. The fraction of sp³-hybridized carbons (Fsp3) is 0.448. The maximum Gasteiger partial charge on any atom is 0.253 e. The van der Waals surface area contributed by atoms with Crippen LogP contribution in [0, 0.1) is 5.92 Å². The number of hydrogen-bond donors (Lipinski definition) is 1. The fourth-order valence-electron chi connectivity index (χ4n) is 5.62. The lowest BCUT2D eigenvalue weighted by Gasteiger charge is -2.38. The van der Waals surface area contributed by atoms with Gasteiger partial charge >= 0.3 is 0 Å². The molecule has 0 bridgehead atoms. The summed E-state index contributed by atoms with van der Waals surface area (Å²) in [5, 5.41) is 13.9. The number of piperidine rings is 1. The van der Waals surface area contributed by atoms with Gasteiger partial charge in [0, 0.05) is 17.0 Å². The van der Waals surface area contributed by atoms with Crippen LogP contribution in [0.3, 0.4) is 0 Å². The summed E-state index contributed by atoms with van der Waals surface area (Å²) in [6.45, 7) is 8.29. The molecule has 0 amide bonds. The molecule has 2 aromatic heterocycles. The minimum Gasteiger partial charge on any atom is -0.454 e. The van der Waals surface area contributed by atoms with Crippen LogP contribution in [0.4, 0.5) is 0 Å². The van der Waals surface area contributed by atoms with E-state index in [-0.39, 0.29) is 23.9 Å². The summed E-state index contributed by atoms with van der Waals surface area (Å²) >= 11 is 0. The number of benzene rings is 2. The van der Waals surface area contributed by atoms with Gasteiger partial charge in [-0.3, -0.25) is 9.69 Å². The fourth-order valence-corrected chi connectivity index (χ4v) is 5.62. The lowest BCUT2D eigenvalue weighted by atomic mass is 9.88. The van der Waals surface area contributed by atoms with Crippen LogP contribution in [0.25, 0.3) is 10.9 Å². The molecule has 0 unspecified atom stereocenters. The van der Waals surface area contributed by atoms with E-state index in [1.54, 1.807) is 0 Å². The second-order valence-corrected chi connectivity index (χ2v) is 11.0. The number of nitrogens with zero attached hydrogens (tertiary/aromatic N) is 5. The monoisotopic (exact) mass is 514 g/mol. The van der Waals surface area contributed by atoms with Crippen LogP contribution in [0.1, 0.15) is 63.0 Å². The van der Waals surface area contributed by atoms with Gasteiger partial charge in [-0.15, -0.1) is 5.10 Å². The third-order valence-corrected chi connectivity index (χ3v) is 8.22. The van der Waals surface area contributed by atoms with Gasteiger partial charge in [0.25, 0.3) is 5.56 Å². The van der Waals surface area contributed by atoms with Crippen molar-refractivity contribution in [2.75, 3.05) is 19.9 Å². The van der Waals surface area contributed by atoms with E-state index < -0.39 is 0 Å². The average Bonchev–Trinajstić information content (AvgIpc) is 3.60. The number of fused-ring (bicyclic) bond motifs is 2. The molecular formula is C29H34N6O3. The number of rotatable bonds is 7. The van der Waals surface area contributed by atoms with Gasteiger partial charge in [0.15, 0.2) is 17.3 Å². The number of aromatic amines is 1. The summed E-state index contributed by atoms with van der Waals surface area (Å²) in [7, 11) is 0. The van der Waals surface area contributed by atoms with E-state index in [9.17, 15) is 4.79 Å². The first-order valence-corrected chi connectivity index (χ1v) is 13.5. The minimum absolute atomic E-state index is 0.142. The van der Waals surface area contributed by atoms with Crippen molar-refractivity contribution < 1.29 is 9.47 Å². The van der Waals surface area contributed by atoms with Crippen molar-refractivity contribution in [3.63, 3.8) is 0 Å². The van der Waals surface area contributed by atoms with Crippen molar-refractivity contribution in [3.8, 4) is 11.5 Å². The molecule has 38 heavy (non-hydrogen) atoms. The number of ether oxygens (including phenoxy) is 2. The van der Waals surface area contributed by atoms with Crippen molar-refractivity contribution in [1.29, 1.82) is 0 Å². The van der Waals surface area contributed by atoms with E-state index in [1.165, 1.54) is 5.56 Å². The third kappa shape index (κ3) is 4.55. The minimum atomic E-state index is -0.368. The average molecular weight is 515 g/mol. The van der Waals surface area contributed by atoms with Crippen LogP contribution in [0.15, 0.2) is 53.3 Å². The van der Waals surface area contributed by atoms with Crippen LogP contribution in [0.2, 0.25) is 0 Å². The second kappa shape index (κ2) is 9.87.